The largest absolute Gasteiger partial charge is 0.367 e. The van der Waals surface area contributed by atoms with Crippen LogP contribution in [0, 0.1) is 0 Å². The molecule has 6 heteroatoms. The number of anilines is 2. The Morgan fingerprint density at radius 2 is 2.00 bits per heavy atom. The SMILES string of the molecule is NCCN1CCN(c2cc(NC3CC3)ncn2)CC1. The van der Waals surface area contributed by atoms with Crippen LogP contribution in [0.25, 0.3) is 0 Å². The smallest absolute Gasteiger partial charge is 0.134 e. The Morgan fingerprint density at radius 3 is 2.68 bits per heavy atom. The summed E-state index contributed by atoms with van der Waals surface area (Å²) in [7, 11) is 0. The molecular weight excluding hydrogens is 240 g/mol. The van der Waals surface area contributed by atoms with Crippen LogP contribution in [0.3, 0.4) is 0 Å². The molecule has 3 rings (SSSR count). The van der Waals surface area contributed by atoms with Crippen molar-refractivity contribution in [3.63, 3.8) is 0 Å². The zero-order valence-electron chi connectivity index (χ0n) is 11.3. The van der Waals surface area contributed by atoms with E-state index in [2.05, 4.69) is 31.2 Å². The predicted molar refractivity (Wildman–Crippen MR) is 76.4 cm³/mol. The van der Waals surface area contributed by atoms with E-state index in [9.17, 15) is 0 Å². The molecule has 3 N–H and O–H groups in total. The Labute approximate surface area is 114 Å². The lowest BCUT2D eigenvalue weighted by atomic mass is 10.3. The minimum atomic E-state index is 0.629. The van der Waals surface area contributed by atoms with Crippen LogP contribution < -0.4 is 16.0 Å². The third-order valence-corrected chi connectivity index (χ3v) is 3.72. The molecule has 1 aliphatic carbocycles. The Morgan fingerprint density at radius 1 is 1.21 bits per heavy atom. The molecule has 0 aromatic carbocycles. The Kier molecular flexibility index (Phi) is 3.79. The topological polar surface area (TPSA) is 70.3 Å². The van der Waals surface area contributed by atoms with Crippen molar-refractivity contribution < 1.29 is 0 Å². The van der Waals surface area contributed by atoms with E-state index < -0.39 is 0 Å². The van der Waals surface area contributed by atoms with E-state index in [1.165, 1.54) is 12.8 Å². The highest BCUT2D eigenvalue weighted by Gasteiger charge is 2.22. The number of nitrogens with zero attached hydrogens (tertiary/aromatic N) is 4. The molecule has 2 fully saturated rings. The molecule has 19 heavy (non-hydrogen) atoms. The summed E-state index contributed by atoms with van der Waals surface area (Å²) >= 11 is 0. The molecule has 1 aliphatic heterocycles. The monoisotopic (exact) mass is 262 g/mol. The average molecular weight is 262 g/mol. The lowest BCUT2D eigenvalue weighted by Gasteiger charge is -2.35. The van der Waals surface area contributed by atoms with Gasteiger partial charge in [-0.15, -0.1) is 0 Å². The highest BCUT2D eigenvalue weighted by atomic mass is 15.3. The van der Waals surface area contributed by atoms with Crippen LogP contribution in [-0.4, -0.2) is 60.2 Å². The molecule has 0 spiro atoms. The maximum absolute atomic E-state index is 5.59. The van der Waals surface area contributed by atoms with E-state index in [-0.39, 0.29) is 0 Å². The first-order valence-corrected chi connectivity index (χ1v) is 7.11. The summed E-state index contributed by atoms with van der Waals surface area (Å²) in [6.45, 7) is 5.88. The molecule has 1 saturated heterocycles. The van der Waals surface area contributed by atoms with Gasteiger partial charge in [-0.25, -0.2) is 9.97 Å². The fraction of sp³-hybridized carbons (Fsp3) is 0.692. The summed E-state index contributed by atoms with van der Waals surface area (Å²) < 4.78 is 0. The standard InChI is InChI=1S/C13H22N6/c14-3-4-18-5-7-19(8-6-18)13-9-12(15-10-16-13)17-11-1-2-11/h9-11H,1-8,14H2,(H,15,16,17). The van der Waals surface area contributed by atoms with E-state index in [4.69, 9.17) is 5.73 Å². The van der Waals surface area contributed by atoms with Crippen LogP contribution in [0.4, 0.5) is 11.6 Å². The van der Waals surface area contributed by atoms with Crippen LogP contribution in [-0.2, 0) is 0 Å². The molecule has 0 amide bonds. The van der Waals surface area contributed by atoms with E-state index in [1.54, 1.807) is 6.33 Å². The van der Waals surface area contributed by atoms with Gasteiger partial charge in [-0.2, -0.15) is 0 Å². The molecule has 0 bridgehead atoms. The Balaban J connectivity index is 1.59. The molecule has 0 radical (unpaired) electrons. The zero-order chi connectivity index (χ0) is 13.1. The summed E-state index contributed by atoms with van der Waals surface area (Å²) in [6, 6.07) is 2.70. The first kappa shape index (κ1) is 12.6. The molecule has 104 valence electrons. The number of hydrogen-bond donors (Lipinski definition) is 2. The quantitative estimate of drug-likeness (QED) is 0.786. The summed E-state index contributed by atoms with van der Waals surface area (Å²) in [5, 5.41) is 3.42. The van der Waals surface area contributed by atoms with Crippen molar-refractivity contribution in [2.45, 2.75) is 18.9 Å². The van der Waals surface area contributed by atoms with Gasteiger partial charge in [0.05, 0.1) is 0 Å². The van der Waals surface area contributed by atoms with Gasteiger partial charge in [-0.05, 0) is 12.8 Å². The van der Waals surface area contributed by atoms with Gasteiger partial charge < -0.3 is 16.0 Å². The predicted octanol–water partition coefficient (Wildman–Crippen LogP) is 0.132. The van der Waals surface area contributed by atoms with Crippen molar-refractivity contribution in [1.29, 1.82) is 0 Å². The van der Waals surface area contributed by atoms with Gasteiger partial charge in [0.15, 0.2) is 0 Å². The van der Waals surface area contributed by atoms with Gasteiger partial charge in [0.2, 0.25) is 0 Å². The highest BCUT2D eigenvalue weighted by Crippen LogP contribution is 2.25. The molecule has 6 nitrogen and oxygen atoms in total. The second kappa shape index (κ2) is 5.71. The molecule has 1 aromatic heterocycles. The van der Waals surface area contributed by atoms with Crippen molar-refractivity contribution >= 4 is 11.6 Å². The van der Waals surface area contributed by atoms with E-state index in [0.29, 0.717) is 6.04 Å². The molecule has 0 unspecified atom stereocenters. The van der Waals surface area contributed by atoms with Gasteiger partial charge in [-0.3, -0.25) is 4.90 Å². The fourth-order valence-corrected chi connectivity index (χ4v) is 2.42. The van der Waals surface area contributed by atoms with Crippen LogP contribution in [0.1, 0.15) is 12.8 Å². The molecule has 2 heterocycles. The fourth-order valence-electron chi connectivity index (χ4n) is 2.42. The number of nitrogens with two attached hydrogens (primary N) is 1. The maximum atomic E-state index is 5.59. The van der Waals surface area contributed by atoms with E-state index in [1.807, 2.05) is 0 Å². The summed E-state index contributed by atoms with van der Waals surface area (Å²) in [4.78, 5) is 13.4. The zero-order valence-corrected chi connectivity index (χ0v) is 11.3. The minimum Gasteiger partial charge on any atom is -0.367 e. The van der Waals surface area contributed by atoms with Gasteiger partial charge in [-0.1, -0.05) is 0 Å². The molecular formula is C13H22N6. The van der Waals surface area contributed by atoms with Gasteiger partial charge in [0, 0.05) is 51.4 Å². The average Bonchev–Trinajstić information content (AvgIpc) is 3.24. The summed E-state index contributed by atoms with van der Waals surface area (Å²) in [6.07, 6.45) is 4.18. The van der Waals surface area contributed by atoms with Gasteiger partial charge in [0.1, 0.15) is 18.0 Å². The van der Waals surface area contributed by atoms with E-state index in [0.717, 1.165) is 50.9 Å². The lowest BCUT2D eigenvalue weighted by molar-refractivity contribution is 0.264. The van der Waals surface area contributed by atoms with Gasteiger partial charge >= 0.3 is 0 Å². The summed E-state index contributed by atoms with van der Waals surface area (Å²) in [5.74, 6) is 1.99. The first-order chi connectivity index (χ1) is 9.35. The number of nitrogens with one attached hydrogen (secondary N) is 1. The molecule has 1 aromatic rings. The summed E-state index contributed by atoms with van der Waals surface area (Å²) in [5.41, 5.74) is 5.59. The second-order valence-corrected chi connectivity index (χ2v) is 5.30. The normalized spacial score (nSPS) is 20.6. The van der Waals surface area contributed by atoms with E-state index >= 15 is 0 Å². The van der Waals surface area contributed by atoms with Crippen LogP contribution in [0.15, 0.2) is 12.4 Å². The third-order valence-electron chi connectivity index (χ3n) is 3.72. The maximum Gasteiger partial charge on any atom is 0.134 e. The Hall–Kier alpha value is -1.40. The number of aromatic nitrogens is 2. The second-order valence-electron chi connectivity index (χ2n) is 5.30. The molecule has 0 atom stereocenters. The number of piperazine rings is 1. The first-order valence-electron chi connectivity index (χ1n) is 7.11. The van der Waals surface area contributed by atoms with Crippen LogP contribution >= 0.6 is 0 Å². The molecule has 1 saturated carbocycles. The van der Waals surface area contributed by atoms with Crippen molar-refractivity contribution in [1.82, 2.24) is 14.9 Å². The third kappa shape index (κ3) is 3.33. The van der Waals surface area contributed by atoms with Gasteiger partial charge in [0.25, 0.3) is 0 Å². The van der Waals surface area contributed by atoms with Crippen LogP contribution in [0.2, 0.25) is 0 Å². The number of hydrogen-bond acceptors (Lipinski definition) is 6. The van der Waals surface area contributed by atoms with Crippen molar-refractivity contribution in [3.05, 3.63) is 12.4 Å². The lowest BCUT2D eigenvalue weighted by Crippen LogP contribution is -2.48. The Bertz CT molecular complexity index is 411. The van der Waals surface area contributed by atoms with Crippen molar-refractivity contribution in [3.8, 4) is 0 Å². The van der Waals surface area contributed by atoms with Crippen LogP contribution in [0.5, 0.6) is 0 Å². The van der Waals surface area contributed by atoms with Crippen molar-refractivity contribution in [2.24, 2.45) is 5.73 Å². The number of rotatable bonds is 5. The highest BCUT2D eigenvalue weighted by molar-refractivity contribution is 5.49. The molecule has 2 aliphatic rings. The van der Waals surface area contributed by atoms with Crippen molar-refractivity contribution in [2.75, 3.05) is 49.5 Å². The minimum absolute atomic E-state index is 0.629.